The topological polar surface area (TPSA) is 61.2 Å². The Balaban J connectivity index is 2.77. The molecule has 1 heterocycles. The monoisotopic (exact) mass is 208 g/mol. The van der Waals surface area contributed by atoms with E-state index in [1.165, 1.54) is 4.90 Å². The molecule has 1 fully saturated rings. The number of rotatable bonds is 2. The molecule has 0 bridgehead atoms. The SMILES string of the molecule is CC(C)(C#N)CN1C(=O)CCCCC1=O. The number of nitrogens with zero attached hydrogens (tertiary/aromatic N) is 2. The third-order valence-corrected chi connectivity index (χ3v) is 2.49. The summed E-state index contributed by atoms with van der Waals surface area (Å²) in [5.74, 6) is -0.276. The lowest BCUT2D eigenvalue weighted by Gasteiger charge is -2.25. The van der Waals surface area contributed by atoms with E-state index in [1.807, 2.05) is 0 Å². The van der Waals surface area contributed by atoms with Gasteiger partial charge in [0.05, 0.1) is 11.5 Å². The van der Waals surface area contributed by atoms with Crippen LogP contribution in [-0.4, -0.2) is 23.3 Å². The number of carbonyl (C=O) groups excluding carboxylic acids is 2. The molecule has 0 saturated carbocycles. The first-order chi connectivity index (χ1) is 6.96. The van der Waals surface area contributed by atoms with E-state index in [1.54, 1.807) is 13.8 Å². The Kier molecular flexibility index (Phi) is 3.46. The van der Waals surface area contributed by atoms with E-state index in [0.717, 1.165) is 12.8 Å². The molecule has 0 N–H and O–H groups in total. The van der Waals surface area contributed by atoms with Gasteiger partial charge in [-0.05, 0) is 26.7 Å². The Morgan fingerprint density at radius 2 is 1.73 bits per heavy atom. The van der Waals surface area contributed by atoms with Gasteiger partial charge in [0.25, 0.3) is 0 Å². The number of hydrogen-bond acceptors (Lipinski definition) is 3. The second kappa shape index (κ2) is 4.43. The van der Waals surface area contributed by atoms with Crippen molar-refractivity contribution in [3.8, 4) is 6.07 Å². The molecule has 0 aromatic heterocycles. The summed E-state index contributed by atoms with van der Waals surface area (Å²) in [5, 5.41) is 8.87. The normalized spacial score (nSPS) is 18.6. The molecule has 1 aliphatic rings. The Morgan fingerprint density at radius 3 is 2.13 bits per heavy atom. The summed E-state index contributed by atoms with van der Waals surface area (Å²) >= 11 is 0. The van der Waals surface area contributed by atoms with Crippen LogP contribution in [0.4, 0.5) is 0 Å². The van der Waals surface area contributed by atoms with Crippen LogP contribution in [0.2, 0.25) is 0 Å². The third kappa shape index (κ3) is 3.05. The van der Waals surface area contributed by atoms with E-state index in [9.17, 15) is 9.59 Å². The lowest BCUT2D eigenvalue weighted by atomic mass is 9.95. The molecule has 1 rings (SSSR count). The molecule has 4 nitrogen and oxygen atoms in total. The summed E-state index contributed by atoms with van der Waals surface area (Å²) in [7, 11) is 0. The zero-order valence-corrected chi connectivity index (χ0v) is 9.25. The van der Waals surface area contributed by atoms with Crippen molar-refractivity contribution in [1.82, 2.24) is 4.90 Å². The molecule has 2 amide bonds. The third-order valence-electron chi connectivity index (χ3n) is 2.49. The molecule has 0 radical (unpaired) electrons. The first-order valence-corrected chi connectivity index (χ1v) is 5.21. The van der Waals surface area contributed by atoms with E-state index >= 15 is 0 Å². The molecule has 82 valence electrons. The van der Waals surface area contributed by atoms with Gasteiger partial charge >= 0.3 is 0 Å². The second-order valence-electron chi connectivity index (χ2n) is 4.58. The van der Waals surface area contributed by atoms with Gasteiger partial charge in [-0.15, -0.1) is 0 Å². The molecule has 1 saturated heterocycles. The molecular formula is C11H16N2O2. The first-order valence-electron chi connectivity index (χ1n) is 5.21. The Labute approximate surface area is 89.9 Å². The molecule has 0 atom stereocenters. The minimum absolute atomic E-state index is 0.138. The quantitative estimate of drug-likeness (QED) is 0.645. The predicted molar refractivity (Wildman–Crippen MR) is 54.6 cm³/mol. The summed E-state index contributed by atoms with van der Waals surface area (Å²) in [5.41, 5.74) is -0.657. The fraction of sp³-hybridized carbons (Fsp3) is 0.727. The Hall–Kier alpha value is -1.37. The van der Waals surface area contributed by atoms with E-state index in [2.05, 4.69) is 6.07 Å². The number of likely N-dealkylation sites (tertiary alicyclic amines) is 1. The highest BCUT2D eigenvalue weighted by Crippen LogP contribution is 2.20. The molecule has 0 aromatic carbocycles. The minimum atomic E-state index is -0.657. The van der Waals surface area contributed by atoms with Gasteiger partial charge in [-0.2, -0.15) is 5.26 Å². The van der Waals surface area contributed by atoms with Gasteiger partial charge in [-0.25, -0.2) is 0 Å². The van der Waals surface area contributed by atoms with Gasteiger partial charge in [0, 0.05) is 19.4 Å². The molecular weight excluding hydrogens is 192 g/mol. The van der Waals surface area contributed by atoms with Crippen LogP contribution in [0.15, 0.2) is 0 Å². The van der Waals surface area contributed by atoms with Crippen LogP contribution in [0.5, 0.6) is 0 Å². The predicted octanol–water partition coefficient (Wildman–Crippen LogP) is 1.47. The summed E-state index contributed by atoms with van der Waals surface area (Å²) in [4.78, 5) is 24.5. The van der Waals surface area contributed by atoms with Crippen molar-refractivity contribution >= 4 is 11.8 Å². The fourth-order valence-electron chi connectivity index (χ4n) is 1.57. The summed E-state index contributed by atoms with van der Waals surface area (Å²) in [6, 6.07) is 2.10. The largest absolute Gasteiger partial charge is 0.281 e. The van der Waals surface area contributed by atoms with Gasteiger partial charge in [0.2, 0.25) is 11.8 Å². The number of imide groups is 1. The summed E-state index contributed by atoms with van der Waals surface area (Å²) < 4.78 is 0. The maximum absolute atomic E-state index is 11.6. The number of amides is 2. The van der Waals surface area contributed by atoms with Crippen molar-refractivity contribution in [3.63, 3.8) is 0 Å². The standard InChI is InChI=1S/C11H16N2O2/c1-11(2,7-12)8-13-9(14)5-3-4-6-10(13)15/h3-6,8H2,1-2H3. The highest BCUT2D eigenvalue weighted by Gasteiger charge is 2.30. The number of hydrogen-bond donors (Lipinski definition) is 0. The first kappa shape index (κ1) is 11.7. The molecule has 0 unspecified atom stereocenters. The van der Waals surface area contributed by atoms with Crippen LogP contribution in [0.25, 0.3) is 0 Å². The smallest absolute Gasteiger partial charge is 0.229 e. The van der Waals surface area contributed by atoms with Gasteiger partial charge in [-0.1, -0.05) is 0 Å². The molecule has 1 aliphatic heterocycles. The minimum Gasteiger partial charge on any atom is -0.281 e. The lowest BCUT2D eigenvalue weighted by molar-refractivity contribution is -0.144. The second-order valence-corrected chi connectivity index (χ2v) is 4.58. The summed E-state index contributed by atoms with van der Waals surface area (Å²) in [6.45, 7) is 3.68. The van der Waals surface area contributed by atoms with Crippen molar-refractivity contribution in [2.45, 2.75) is 39.5 Å². The number of carbonyl (C=O) groups is 2. The van der Waals surface area contributed by atoms with Gasteiger partial charge in [0.15, 0.2) is 0 Å². The maximum atomic E-state index is 11.6. The van der Waals surface area contributed by atoms with E-state index in [4.69, 9.17) is 5.26 Å². The Bertz CT molecular complexity index is 297. The zero-order chi connectivity index (χ0) is 11.5. The van der Waals surface area contributed by atoms with Crippen LogP contribution in [0.1, 0.15) is 39.5 Å². The van der Waals surface area contributed by atoms with Crippen molar-refractivity contribution in [2.75, 3.05) is 6.54 Å². The van der Waals surface area contributed by atoms with Crippen molar-refractivity contribution in [3.05, 3.63) is 0 Å². The molecule has 15 heavy (non-hydrogen) atoms. The Morgan fingerprint density at radius 1 is 1.27 bits per heavy atom. The van der Waals surface area contributed by atoms with Crippen LogP contribution in [0.3, 0.4) is 0 Å². The summed E-state index contributed by atoms with van der Waals surface area (Å²) in [6.07, 6.45) is 2.39. The van der Waals surface area contributed by atoms with Gasteiger partial charge < -0.3 is 0 Å². The van der Waals surface area contributed by atoms with Crippen LogP contribution >= 0.6 is 0 Å². The van der Waals surface area contributed by atoms with E-state index < -0.39 is 5.41 Å². The van der Waals surface area contributed by atoms with Crippen molar-refractivity contribution in [2.24, 2.45) is 5.41 Å². The van der Waals surface area contributed by atoms with E-state index in [0.29, 0.717) is 12.8 Å². The van der Waals surface area contributed by atoms with Gasteiger partial charge in [0.1, 0.15) is 0 Å². The van der Waals surface area contributed by atoms with Crippen molar-refractivity contribution < 1.29 is 9.59 Å². The van der Waals surface area contributed by atoms with Gasteiger partial charge in [-0.3, -0.25) is 14.5 Å². The van der Waals surface area contributed by atoms with E-state index in [-0.39, 0.29) is 18.4 Å². The van der Waals surface area contributed by atoms with Crippen LogP contribution in [-0.2, 0) is 9.59 Å². The number of nitriles is 1. The molecule has 0 aromatic rings. The average molecular weight is 208 g/mol. The molecule has 0 spiro atoms. The van der Waals surface area contributed by atoms with Crippen LogP contribution in [0, 0.1) is 16.7 Å². The fourth-order valence-corrected chi connectivity index (χ4v) is 1.57. The maximum Gasteiger partial charge on any atom is 0.229 e. The average Bonchev–Trinajstić information content (AvgIpc) is 2.33. The molecule has 0 aliphatic carbocycles. The highest BCUT2D eigenvalue weighted by atomic mass is 16.2. The van der Waals surface area contributed by atoms with Crippen LogP contribution < -0.4 is 0 Å². The lowest BCUT2D eigenvalue weighted by Crippen LogP contribution is -2.41. The van der Waals surface area contributed by atoms with Crippen molar-refractivity contribution in [1.29, 1.82) is 5.26 Å². The molecule has 4 heteroatoms. The highest BCUT2D eigenvalue weighted by molar-refractivity contribution is 5.96. The zero-order valence-electron chi connectivity index (χ0n) is 9.25.